The molecular formula is C38H44N6O5. The molecule has 0 bridgehead atoms. The molecular weight excluding hydrogens is 620 g/mol. The van der Waals surface area contributed by atoms with Crippen LogP contribution in [-0.2, 0) is 33.9 Å². The number of fused-ring (bicyclic) bond motifs is 2. The Kier molecular flexibility index (Phi) is 8.59. The Morgan fingerprint density at radius 3 is 2.55 bits per heavy atom. The van der Waals surface area contributed by atoms with Gasteiger partial charge in [0.1, 0.15) is 18.0 Å². The second-order valence-electron chi connectivity index (χ2n) is 14.5. The Bertz CT molecular complexity index is 1960. The van der Waals surface area contributed by atoms with Gasteiger partial charge in [0.2, 0.25) is 5.88 Å². The van der Waals surface area contributed by atoms with Gasteiger partial charge >= 0.3 is 5.97 Å². The predicted molar refractivity (Wildman–Crippen MR) is 185 cm³/mol. The topological polar surface area (TPSA) is 106 Å². The summed E-state index contributed by atoms with van der Waals surface area (Å²) in [5.41, 5.74) is 5.10. The summed E-state index contributed by atoms with van der Waals surface area (Å²) in [7, 11) is 0. The molecule has 1 atom stereocenters. The highest BCUT2D eigenvalue weighted by molar-refractivity contribution is 5.94. The minimum Gasteiger partial charge on any atom is -0.473 e. The first-order valence-corrected chi connectivity index (χ1v) is 17.5. The van der Waals surface area contributed by atoms with Crippen LogP contribution in [0.2, 0.25) is 0 Å². The second kappa shape index (κ2) is 13.2. The summed E-state index contributed by atoms with van der Waals surface area (Å²) in [6.07, 6.45) is 5.14. The standard InChI is InChI=1S/C38H44N6O5/c1-38(2,3)49-37(45)27-9-10-32-34(18-27)43(20-30-13-16-47-30)35(40-32)21-42-14-11-26(12-15-42)31-5-4-6-36(41-31)48-22-25-7-8-28-19-39-44(33(28)17-25)29-23-46-24-29/h4-10,17-19,26,29-30H,11-16,20-24H2,1-3H3. The molecule has 0 N–H and O–H groups in total. The molecule has 3 fully saturated rings. The number of esters is 1. The Hall–Kier alpha value is -4.32. The largest absolute Gasteiger partial charge is 0.473 e. The van der Waals surface area contributed by atoms with Crippen LogP contribution in [0.5, 0.6) is 5.88 Å². The van der Waals surface area contributed by atoms with Crippen LogP contribution in [0.15, 0.2) is 60.8 Å². The number of rotatable bonds is 10. The average Bonchev–Trinajstić information content (AvgIpc) is 3.60. The van der Waals surface area contributed by atoms with Gasteiger partial charge in [0, 0.05) is 29.7 Å². The summed E-state index contributed by atoms with van der Waals surface area (Å²) in [4.78, 5) is 25.3. The zero-order valence-corrected chi connectivity index (χ0v) is 28.5. The van der Waals surface area contributed by atoms with Crippen LogP contribution in [-0.4, -0.2) is 79.8 Å². The van der Waals surface area contributed by atoms with Crippen molar-refractivity contribution < 1.29 is 23.7 Å². The monoisotopic (exact) mass is 664 g/mol. The lowest BCUT2D eigenvalue weighted by atomic mass is 9.93. The van der Waals surface area contributed by atoms with Crippen LogP contribution in [0.25, 0.3) is 21.9 Å². The van der Waals surface area contributed by atoms with Gasteiger partial charge in [0.25, 0.3) is 0 Å². The molecule has 256 valence electrons. The lowest BCUT2D eigenvalue weighted by Gasteiger charge is -2.32. The van der Waals surface area contributed by atoms with E-state index in [0.29, 0.717) is 43.2 Å². The van der Waals surface area contributed by atoms with Crippen LogP contribution >= 0.6 is 0 Å². The van der Waals surface area contributed by atoms with Gasteiger partial charge in [0.05, 0.1) is 66.8 Å². The fourth-order valence-electron chi connectivity index (χ4n) is 6.90. The maximum atomic E-state index is 12.9. The van der Waals surface area contributed by atoms with Gasteiger partial charge in [-0.2, -0.15) is 5.10 Å². The molecule has 1 unspecified atom stereocenters. The highest BCUT2D eigenvalue weighted by Gasteiger charge is 2.27. The lowest BCUT2D eigenvalue weighted by Crippen LogP contribution is -2.35. The maximum absolute atomic E-state index is 12.9. The quantitative estimate of drug-likeness (QED) is 0.165. The molecule has 0 saturated carbocycles. The molecule has 3 aliphatic heterocycles. The van der Waals surface area contributed by atoms with Gasteiger partial charge in [-0.05, 0) is 89.0 Å². The second-order valence-corrected chi connectivity index (χ2v) is 14.5. The molecule has 3 aliphatic rings. The Balaban J connectivity index is 0.914. The number of nitrogens with zero attached hydrogens (tertiary/aromatic N) is 6. The summed E-state index contributed by atoms with van der Waals surface area (Å²) >= 11 is 0. The first-order chi connectivity index (χ1) is 23.8. The van der Waals surface area contributed by atoms with Crippen LogP contribution in [0.4, 0.5) is 0 Å². The average molecular weight is 665 g/mol. The van der Waals surface area contributed by atoms with Gasteiger partial charge in [-0.1, -0.05) is 18.2 Å². The first kappa shape index (κ1) is 31.9. The van der Waals surface area contributed by atoms with E-state index in [1.165, 1.54) is 0 Å². The van der Waals surface area contributed by atoms with E-state index >= 15 is 0 Å². The zero-order chi connectivity index (χ0) is 33.5. The normalized spacial score (nSPS) is 19.2. The van der Waals surface area contributed by atoms with Gasteiger partial charge in [-0.3, -0.25) is 9.58 Å². The number of pyridine rings is 1. The molecule has 49 heavy (non-hydrogen) atoms. The third-order valence-electron chi connectivity index (χ3n) is 9.77. The SMILES string of the molecule is CC(C)(C)OC(=O)c1ccc2nc(CN3CCC(c4cccc(OCc5ccc6cnn(C7COC7)c6c5)n4)CC3)n(CC3CCO3)c2c1. The molecule has 0 radical (unpaired) electrons. The number of benzene rings is 2. The molecule has 11 nitrogen and oxygen atoms in total. The summed E-state index contributed by atoms with van der Waals surface area (Å²) in [5.74, 6) is 1.70. The van der Waals surface area contributed by atoms with Crippen LogP contribution in [0, 0.1) is 0 Å². The fraction of sp³-hybridized carbons (Fsp3) is 0.474. The van der Waals surface area contributed by atoms with E-state index in [4.69, 9.17) is 28.9 Å². The smallest absolute Gasteiger partial charge is 0.338 e. The molecule has 3 aromatic heterocycles. The number of carbonyl (C=O) groups excluding carboxylic acids is 1. The van der Waals surface area contributed by atoms with Crippen LogP contribution in [0.1, 0.15) is 79.4 Å². The maximum Gasteiger partial charge on any atom is 0.338 e. The van der Waals surface area contributed by atoms with Gasteiger partial charge < -0.3 is 23.5 Å². The minimum atomic E-state index is -0.556. The highest BCUT2D eigenvalue weighted by atomic mass is 16.6. The molecule has 11 heteroatoms. The lowest BCUT2D eigenvalue weighted by molar-refractivity contribution is -0.0592. The summed E-state index contributed by atoms with van der Waals surface area (Å²) in [5, 5.41) is 5.70. The van der Waals surface area contributed by atoms with Crippen molar-refractivity contribution in [1.82, 2.24) is 29.2 Å². The Labute approximate surface area is 286 Å². The highest BCUT2D eigenvalue weighted by Crippen LogP contribution is 2.31. The zero-order valence-electron chi connectivity index (χ0n) is 28.5. The van der Waals surface area contributed by atoms with Crippen molar-refractivity contribution in [3.05, 3.63) is 83.4 Å². The predicted octanol–water partition coefficient (Wildman–Crippen LogP) is 6.06. The van der Waals surface area contributed by atoms with E-state index < -0.39 is 5.60 Å². The van der Waals surface area contributed by atoms with Gasteiger partial charge in [0.15, 0.2) is 0 Å². The third-order valence-corrected chi connectivity index (χ3v) is 9.77. The van der Waals surface area contributed by atoms with Gasteiger partial charge in [-0.25, -0.2) is 14.8 Å². The van der Waals surface area contributed by atoms with Crippen LogP contribution in [0.3, 0.4) is 0 Å². The van der Waals surface area contributed by atoms with Crippen molar-refractivity contribution in [2.24, 2.45) is 0 Å². The molecule has 0 spiro atoms. The van der Waals surface area contributed by atoms with E-state index in [9.17, 15) is 4.79 Å². The Morgan fingerprint density at radius 2 is 1.82 bits per heavy atom. The van der Waals surface area contributed by atoms with E-state index in [1.807, 2.05) is 51.2 Å². The van der Waals surface area contributed by atoms with Crippen molar-refractivity contribution in [2.75, 3.05) is 32.9 Å². The van der Waals surface area contributed by atoms with Crippen molar-refractivity contribution in [3.8, 4) is 5.88 Å². The van der Waals surface area contributed by atoms with Crippen molar-refractivity contribution in [1.29, 1.82) is 0 Å². The Morgan fingerprint density at radius 1 is 0.980 bits per heavy atom. The third kappa shape index (κ3) is 6.92. The number of hydrogen-bond acceptors (Lipinski definition) is 9. The number of aromatic nitrogens is 5. The van der Waals surface area contributed by atoms with E-state index in [2.05, 4.69) is 49.6 Å². The molecule has 0 amide bonds. The van der Waals surface area contributed by atoms with Crippen molar-refractivity contribution in [3.63, 3.8) is 0 Å². The summed E-state index contributed by atoms with van der Waals surface area (Å²) in [6, 6.07) is 18.4. The number of carbonyl (C=O) groups is 1. The molecule has 0 aliphatic carbocycles. The number of ether oxygens (including phenoxy) is 4. The number of likely N-dealkylation sites (tertiary alicyclic amines) is 1. The molecule has 2 aromatic carbocycles. The summed E-state index contributed by atoms with van der Waals surface area (Å²) in [6.45, 7) is 11.7. The van der Waals surface area contributed by atoms with E-state index in [-0.39, 0.29) is 12.1 Å². The molecule has 8 rings (SSSR count). The van der Waals surface area contributed by atoms with Crippen molar-refractivity contribution in [2.45, 2.75) is 83.4 Å². The molecule has 3 saturated heterocycles. The summed E-state index contributed by atoms with van der Waals surface area (Å²) < 4.78 is 27.3. The number of imidazole rings is 1. The van der Waals surface area contributed by atoms with Gasteiger partial charge in [-0.15, -0.1) is 0 Å². The fourth-order valence-corrected chi connectivity index (χ4v) is 6.90. The number of hydrogen-bond donors (Lipinski definition) is 0. The van der Waals surface area contributed by atoms with E-state index in [0.717, 1.165) is 91.1 Å². The van der Waals surface area contributed by atoms with E-state index in [1.54, 1.807) is 0 Å². The molecule has 5 aromatic rings. The number of piperidine rings is 1. The minimum absolute atomic E-state index is 0.168. The first-order valence-electron chi connectivity index (χ1n) is 17.5. The molecule has 6 heterocycles. The van der Waals surface area contributed by atoms with Crippen LogP contribution < -0.4 is 4.74 Å². The van der Waals surface area contributed by atoms with Crippen molar-refractivity contribution >= 4 is 27.9 Å².